The maximum atomic E-state index is 13.7. The molecule has 11 heteroatoms. The number of likely N-dealkylation sites (tertiary alicyclic amines) is 1. The van der Waals surface area contributed by atoms with Crippen molar-refractivity contribution in [1.82, 2.24) is 4.90 Å². The van der Waals surface area contributed by atoms with Gasteiger partial charge in [0.15, 0.2) is 0 Å². The molecule has 4 rings (SSSR count). The van der Waals surface area contributed by atoms with E-state index in [-0.39, 0.29) is 23.5 Å². The third-order valence-electron chi connectivity index (χ3n) is 7.79. The fourth-order valence-electron chi connectivity index (χ4n) is 5.88. The number of hydrogen-bond acceptors (Lipinski definition) is 3. The topological polar surface area (TPSA) is 49.8 Å². The molecule has 5 atom stereocenters. The Labute approximate surface area is 221 Å². The van der Waals surface area contributed by atoms with Crippen molar-refractivity contribution in [2.24, 2.45) is 11.8 Å². The molecule has 4 nitrogen and oxygen atoms in total. The quantitative estimate of drug-likeness (QED) is 0.361. The maximum Gasteiger partial charge on any atom is 0.416 e. The fraction of sp³-hybridized carbons (Fsp3) is 0.536. The number of carbonyl (C=O) groups is 1. The van der Waals surface area contributed by atoms with Crippen LogP contribution in [0.15, 0.2) is 42.5 Å². The molecule has 1 aliphatic heterocycles. The van der Waals surface area contributed by atoms with E-state index in [2.05, 4.69) is 4.90 Å². The monoisotopic (exact) mass is 561 g/mol. The van der Waals surface area contributed by atoms with Crippen LogP contribution in [0.5, 0.6) is 0 Å². The van der Waals surface area contributed by atoms with Crippen molar-refractivity contribution in [2.45, 2.75) is 63.1 Å². The third-order valence-corrected chi connectivity index (χ3v) is 7.79. The minimum Gasteiger partial charge on any atom is -0.481 e. The number of rotatable bonds is 7. The van der Waals surface area contributed by atoms with Gasteiger partial charge in [0.25, 0.3) is 0 Å². The van der Waals surface area contributed by atoms with E-state index in [9.17, 15) is 40.6 Å². The highest BCUT2D eigenvalue weighted by molar-refractivity contribution is 5.70. The van der Waals surface area contributed by atoms with Crippen LogP contribution in [0.2, 0.25) is 0 Å². The summed E-state index contributed by atoms with van der Waals surface area (Å²) in [7, 11) is 0. The second kappa shape index (κ2) is 11.4. The molecule has 0 unspecified atom stereocenters. The van der Waals surface area contributed by atoms with Gasteiger partial charge in [-0.05, 0) is 86.5 Å². The Morgan fingerprint density at radius 3 is 2.18 bits per heavy atom. The first-order chi connectivity index (χ1) is 18.2. The van der Waals surface area contributed by atoms with Crippen LogP contribution >= 0.6 is 0 Å². The summed E-state index contributed by atoms with van der Waals surface area (Å²) in [6, 6.07) is 7.28. The van der Waals surface area contributed by atoms with E-state index >= 15 is 0 Å². The molecule has 2 fully saturated rings. The van der Waals surface area contributed by atoms with E-state index in [1.54, 1.807) is 12.1 Å². The van der Waals surface area contributed by atoms with Crippen molar-refractivity contribution in [2.75, 3.05) is 19.6 Å². The standard InChI is InChI=1S/C28H30F7NO3/c1-16(20-11-21(27(30,31)32)13-22(12-20)28(33,34)35)39-24-9-6-18(25(24)17-4-7-23(29)8-5-17)14-36-10-2-3-19(15-36)26(37)38/h4-5,7-8,11-13,16,18-19,24-25H,2-3,6,9-10,14-15H2,1H3,(H,37,38)/t16-,18+,19+,24+,25+/m1/s1. The number of alkyl halides is 6. The van der Waals surface area contributed by atoms with Crippen molar-refractivity contribution < 1.29 is 45.4 Å². The number of carboxylic acids is 1. The lowest BCUT2D eigenvalue weighted by atomic mass is 9.86. The average Bonchev–Trinajstić information content (AvgIpc) is 3.25. The molecule has 0 radical (unpaired) electrons. The molecule has 1 heterocycles. The van der Waals surface area contributed by atoms with Crippen molar-refractivity contribution in [3.8, 4) is 0 Å². The first kappa shape index (κ1) is 29.3. The summed E-state index contributed by atoms with van der Waals surface area (Å²) in [5, 5.41) is 9.44. The molecule has 0 spiro atoms. The molecule has 1 aliphatic carbocycles. The number of aliphatic carboxylic acids is 1. The van der Waals surface area contributed by atoms with Gasteiger partial charge >= 0.3 is 18.3 Å². The van der Waals surface area contributed by atoms with Gasteiger partial charge in [0.05, 0.1) is 29.3 Å². The summed E-state index contributed by atoms with van der Waals surface area (Å²) >= 11 is 0. The van der Waals surface area contributed by atoms with Gasteiger partial charge < -0.3 is 14.7 Å². The van der Waals surface area contributed by atoms with Crippen molar-refractivity contribution in [1.29, 1.82) is 0 Å². The zero-order valence-electron chi connectivity index (χ0n) is 21.2. The summed E-state index contributed by atoms with van der Waals surface area (Å²) in [5.74, 6) is -2.09. The Bertz CT molecular complexity index is 1120. The number of halogens is 7. The van der Waals surface area contributed by atoms with Gasteiger partial charge in [-0.3, -0.25) is 4.79 Å². The molecule has 39 heavy (non-hydrogen) atoms. The SMILES string of the molecule is C[C@@H](O[C@H]1CC[C@@H](CN2CCC[C@H](C(=O)O)C2)[C@@H]1c1ccc(F)cc1)c1cc(C(F)(F)F)cc(C(F)(F)F)c1. The molecule has 214 valence electrons. The normalized spacial score (nSPS) is 25.5. The van der Waals surface area contributed by atoms with Crippen LogP contribution in [0.3, 0.4) is 0 Å². The maximum absolute atomic E-state index is 13.7. The van der Waals surface area contributed by atoms with Gasteiger partial charge in [-0.2, -0.15) is 26.3 Å². The fourth-order valence-corrected chi connectivity index (χ4v) is 5.88. The lowest BCUT2D eigenvalue weighted by Crippen LogP contribution is -2.42. The Balaban J connectivity index is 1.59. The van der Waals surface area contributed by atoms with Gasteiger partial charge in [-0.15, -0.1) is 0 Å². The highest BCUT2D eigenvalue weighted by atomic mass is 19.4. The minimum absolute atomic E-state index is 0.0209. The summed E-state index contributed by atoms with van der Waals surface area (Å²) in [5.41, 5.74) is -2.29. The van der Waals surface area contributed by atoms with E-state index in [0.29, 0.717) is 44.5 Å². The second-order valence-corrected chi connectivity index (χ2v) is 10.5. The van der Waals surface area contributed by atoms with Gasteiger partial charge in [-0.25, -0.2) is 4.39 Å². The number of carboxylic acid groups (broad SMARTS) is 1. The van der Waals surface area contributed by atoms with Crippen LogP contribution in [-0.4, -0.2) is 41.7 Å². The number of hydrogen-bond donors (Lipinski definition) is 1. The molecule has 2 aromatic carbocycles. The predicted octanol–water partition coefficient (Wildman–Crippen LogP) is 7.30. The first-order valence-corrected chi connectivity index (χ1v) is 12.9. The number of nitrogens with zero attached hydrogens (tertiary/aromatic N) is 1. The summed E-state index contributed by atoms with van der Waals surface area (Å²) < 4.78 is 100. The first-order valence-electron chi connectivity index (χ1n) is 12.9. The Hall–Kier alpha value is -2.66. The largest absolute Gasteiger partial charge is 0.481 e. The zero-order chi connectivity index (χ0) is 28.5. The Morgan fingerprint density at radius 1 is 1.00 bits per heavy atom. The van der Waals surface area contributed by atoms with E-state index in [0.717, 1.165) is 18.5 Å². The molecule has 1 saturated carbocycles. The molecular formula is C28H30F7NO3. The number of ether oxygens (including phenoxy) is 1. The van der Waals surface area contributed by atoms with Gasteiger partial charge in [0, 0.05) is 19.0 Å². The predicted molar refractivity (Wildman–Crippen MR) is 128 cm³/mol. The van der Waals surface area contributed by atoms with Crippen LogP contribution in [0, 0.1) is 17.7 Å². The highest BCUT2D eigenvalue weighted by Gasteiger charge is 2.42. The molecule has 0 aromatic heterocycles. The van der Waals surface area contributed by atoms with Gasteiger partial charge in [-0.1, -0.05) is 12.1 Å². The van der Waals surface area contributed by atoms with Crippen LogP contribution < -0.4 is 0 Å². The van der Waals surface area contributed by atoms with E-state index in [4.69, 9.17) is 4.74 Å². The number of piperidine rings is 1. The molecule has 0 amide bonds. The lowest BCUT2D eigenvalue weighted by molar-refractivity contribution is -0.144. The Kier molecular flexibility index (Phi) is 8.61. The summed E-state index contributed by atoms with van der Waals surface area (Å²) in [6.45, 7) is 3.10. The van der Waals surface area contributed by atoms with E-state index in [1.807, 2.05) is 0 Å². The lowest BCUT2D eigenvalue weighted by Gasteiger charge is -2.35. The van der Waals surface area contributed by atoms with Crippen molar-refractivity contribution in [3.05, 3.63) is 70.5 Å². The molecule has 2 aromatic rings. The zero-order valence-corrected chi connectivity index (χ0v) is 21.2. The van der Waals surface area contributed by atoms with Crippen molar-refractivity contribution >= 4 is 5.97 Å². The van der Waals surface area contributed by atoms with E-state index in [1.165, 1.54) is 19.1 Å². The van der Waals surface area contributed by atoms with E-state index < -0.39 is 53.4 Å². The van der Waals surface area contributed by atoms with Gasteiger partial charge in [0.1, 0.15) is 5.82 Å². The molecule has 1 saturated heterocycles. The van der Waals surface area contributed by atoms with Gasteiger partial charge in [0.2, 0.25) is 0 Å². The van der Waals surface area contributed by atoms with Crippen LogP contribution in [0.4, 0.5) is 30.7 Å². The second-order valence-electron chi connectivity index (χ2n) is 10.5. The smallest absolute Gasteiger partial charge is 0.416 e. The minimum atomic E-state index is -4.97. The highest BCUT2D eigenvalue weighted by Crippen LogP contribution is 2.45. The average molecular weight is 562 g/mol. The number of benzene rings is 2. The Morgan fingerprint density at radius 2 is 1.62 bits per heavy atom. The molecule has 2 aliphatic rings. The van der Waals surface area contributed by atoms with Crippen LogP contribution in [0.1, 0.15) is 66.9 Å². The molecule has 1 N–H and O–H groups in total. The third kappa shape index (κ3) is 7.11. The van der Waals surface area contributed by atoms with Crippen LogP contribution in [0.25, 0.3) is 0 Å². The van der Waals surface area contributed by atoms with Crippen LogP contribution in [-0.2, 0) is 21.9 Å². The van der Waals surface area contributed by atoms with Crippen molar-refractivity contribution in [3.63, 3.8) is 0 Å². The molecular weight excluding hydrogens is 531 g/mol. The summed E-state index contributed by atoms with van der Waals surface area (Å²) in [6.07, 6.45) is -9.06. The summed E-state index contributed by atoms with van der Waals surface area (Å²) in [4.78, 5) is 13.6. The molecule has 0 bridgehead atoms.